The molecule has 0 bridgehead atoms. The van der Waals surface area contributed by atoms with Gasteiger partial charge in [-0.15, -0.1) is 11.3 Å². The molecule has 0 fully saturated rings. The van der Waals surface area contributed by atoms with E-state index in [2.05, 4.69) is 15.3 Å². The maximum Gasteiger partial charge on any atom is 0.268 e. The summed E-state index contributed by atoms with van der Waals surface area (Å²) in [6, 6.07) is 21.5. The maximum absolute atomic E-state index is 13.3. The van der Waals surface area contributed by atoms with Crippen molar-refractivity contribution in [3.05, 3.63) is 113 Å². The lowest BCUT2D eigenvalue weighted by Gasteiger charge is -2.18. The van der Waals surface area contributed by atoms with Crippen LogP contribution in [0.1, 0.15) is 37.6 Å². The van der Waals surface area contributed by atoms with Crippen molar-refractivity contribution in [1.29, 1.82) is 0 Å². The molecule has 0 spiro atoms. The molecule has 0 saturated carbocycles. The minimum Gasteiger partial charge on any atom is -0.440 e. The Bertz CT molecular complexity index is 1880. The second-order valence-corrected chi connectivity index (χ2v) is 10.7. The first-order valence-electron chi connectivity index (χ1n) is 13.1. The lowest BCUT2D eigenvalue weighted by atomic mass is 10.1. The molecule has 4 aromatic heterocycles. The molecule has 210 valence electrons. The minimum atomic E-state index is -0.906. The molecule has 2 aromatic carbocycles. The van der Waals surface area contributed by atoms with E-state index in [-0.39, 0.29) is 24.3 Å². The SMILES string of the molecule is Cc1ncc(-c2ccc(C(=O)Nc3nc4cc(N(C)C(=O)c5ccccc5)ccc4n3C[C@@H](O)c3cccnc3)s2)o1. The van der Waals surface area contributed by atoms with Crippen LogP contribution < -0.4 is 10.2 Å². The number of oxazole rings is 1. The molecule has 0 radical (unpaired) electrons. The van der Waals surface area contributed by atoms with Crippen molar-refractivity contribution in [3.8, 4) is 10.6 Å². The first-order valence-corrected chi connectivity index (χ1v) is 13.9. The zero-order valence-corrected chi connectivity index (χ0v) is 23.6. The minimum absolute atomic E-state index is 0.114. The molecule has 6 rings (SSSR count). The number of carbonyl (C=O) groups excluding carboxylic acids is 2. The number of benzene rings is 2. The van der Waals surface area contributed by atoms with Crippen molar-refractivity contribution < 1.29 is 19.1 Å². The van der Waals surface area contributed by atoms with Gasteiger partial charge in [0.2, 0.25) is 5.95 Å². The zero-order valence-electron chi connectivity index (χ0n) is 22.8. The molecule has 11 heteroatoms. The van der Waals surface area contributed by atoms with E-state index in [1.54, 1.807) is 84.5 Å². The molecule has 1 atom stereocenters. The third-order valence-electron chi connectivity index (χ3n) is 6.79. The van der Waals surface area contributed by atoms with Crippen molar-refractivity contribution in [2.75, 3.05) is 17.3 Å². The van der Waals surface area contributed by atoms with Gasteiger partial charge in [0.05, 0.1) is 39.6 Å². The number of thiophene rings is 1. The number of imidazole rings is 1. The van der Waals surface area contributed by atoms with Crippen LogP contribution in [0, 0.1) is 6.92 Å². The number of amides is 2. The summed E-state index contributed by atoms with van der Waals surface area (Å²) in [4.78, 5) is 42.1. The van der Waals surface area contributed by atoms with Crippen LogP contribution in [0.2, 0.25) is 0 Å². The summed E-state index contributed by atoms with van der Waals surface area (Å²) < 4.78 is 7.34. The number of aromatic nitrogens is 4. The van der Waals surface area contributed by atoms with Crippen molar-refractivity contribution in [2.45, 2.75) is 19.6 Å². The van der Waals surface area contributed by atoms with Gasteiger partial charge in [-0.2, -0.15) is 0 Å². The molecule has 2 N–H and O–H groups in total. The molecule has 10 nitrogen and oxygen atoms in total. The number of pyridine rings is 1. The first kappa shape index (κ1) is 27.1. The van der Waals surface area contributed by atoms with E-state index in [1.165, 1.54) is 11.3 Å². The van der Waals surface area contributed by atoms with E-state index >= 15 is 0 Å². The molecule has 0 saturated heterocycles. The van der Waals surface area contributed by atoms with Crippen LogP contribution in [0.4, 0.5) is 11.6 Å². The van der Waals surface area contributed by atoms with Crippen molar-refractivity contribution in [1.82, 2.24) is 19.5 Å². The molecular formula is C31H26N6O4S. The second kappa shape index (κ2) is 11.4. The Morgan fingerprint density at radius 3 is 2.64 bits per heavy atom. The quantitative estimate of drug-likeness (QED) is 0.237. The van der Waals surface area contributed by atoms with E-state index in [9.17, 15) is 14.7 Å². The van der Waals surface area contributed by atoms with Crippen molar-refractivity contribution >= 4 is 45.8 Å². The van der Waals surface area contributed by atoms with Gasteiger partial charge in [0, 0.05) is 43.2 Å². The Morgan fingerprint density at radius 2 is 1.90 bits per heavy atom. The normalized spacial score (nSPS) is 11.9. The van der Waals surface area contributed by atoms with Gasteiger partial charge < -0.3 is 19.0 Å². The van der Waals surface area contributed by atoms with Gasteiger partial charge in [0.1, 0.15) is 0 Å². The molecule has 42 heavy (non-hydrogen) atoms. The van der Waals surface area contributed by atoms with Crippen LogP contribution >= 0.6 is 11.3 Å². The highest BCUT2D eigenvalue weighted by Gasteiger charge is 2.21. The highest BCUT2D eigenvalue weighted by atomic mass is 32.1. The lowest BCUT2D eigenvalue weighted by molar-refractivity contribution is 0.0991. The largest absolute Gasteiger partial charge is 0.440 e. The van der Waals surface area contributed by atoms with E-state index in [0.29, 0.717) is 44.4 Å². The second-order valence-electron chi connectivity index (χ2n) is 9.61. The fourth-order valence-electron chi connectivity index (χ4n) is 4.58. The van der Waals surface area contributed by atoms with Crippen LogP contribution in [-0.2, 0) is 6.54 Å². The number of aliphatic hydroxyl groups is 1. The number of nitrogens with one attached hydrogen (secondary N) is 1. The van der Waals surface area contributed by atoms with Crippen LogP contribution in [0.25, 0.3) is 21.7 Å². The Kier molecular flexibility index (Phi) is 7.34. The number of hydrogen-bond acceptors (Lipinski definition) is 8. The zero-order chi connectivity index (χ0) is 29.2. The predicted octanol–water partition coefficient (Wildman–Crippen LogP) is 5.72. The van der Waals surface area contributed by atoms with E-state index < -0.39 is 6.10 Å². The number of aliphatic hydroxyl groups excluding tert-OH is 1. The molecule has 0 aliphatic carbocycles. The van der Waals surface area contributed by atoms with Crippen LogP contribution in [0.3, 0.4) is 0 Å². The van der Waals surface area contributed by atoms with Crippen LogP contribution in [-0.4, -0.2) is 43.5 Å². The average molecular weight is 579 g/mol. The maximum atomic E-state index is 13.3. The van der Waals surface area contributed by atoms with Crippen molar-refractivity contribution in [3.63, 3.8) is 0 Å². The summed E-state index contributed by atoms with van der Waals surface area (Å²) in [5.74, 6) is 0.875. The summed E-state index contributed by atoms with van der Waals surface area (Å²) in [6.07, 6.45) is 3.96. The topological polar surface area (TPSA) is 126 Å². The summed E-state index contributed by atoms with van der Waals surface area (Å²) in [5, 5.41) is 13.9. The summed E-state index contributed by atoms with van der Waals surface area (Å²) in [7, 11) is 1.70. The van der Waals surface area contributed by atoms with Crippen molar-refractivity contribution in [2.24, 2.45) is 0 Å². The number of fused-ring (bicyclic) bond motifs is 1. The molecule has 0 aliphatic heterocycles. The molecule has 6 aromatic rings. The third-order valence-corrected chi connectivity index (χ3v) is 7.89. The van der Waals surface area contributed by atoms with Gasteiger partial charge in [-0.3, -0.25) is 19.9 Å². The number of hydrogen-bond donors (Lipinski definition) is 2. The fraction of sp³-hybridized carbons (Fsp3) is 0.129. The van der Waals surface area contributed by atoms with Gasteiger partial charge >= 0.3 is 0 Å². The Morgan fingerprint density at radius 1 is 1.07 bits per heavy atom. The summed E-state index contributed by atoms with van der Waals surface area (Å²) >= 11 is 1.27. The number of carbonyl (C=O) groups is 2. The number of nitrogens with zero attached hydrogens (tertiary/aromatic N) is 5. The smallest absolute Gasteiger partial charge is 0.268 e. The van der Waals surface area contributed by atoms with Crippen LogP contribution in [0.5, 0.6) is 0 Å². The van der Waals surface area contributed by atoms with Gasteiger partial charge in [-0.05, 0) is 48.5 Å². The lowest BCUT2D eigenvalue weighted by Crippen LogP contribution is -2.26. The molecule has 2 amide bonds. The number of anilines is 2. The fourth-order valence-corrected chi connectivity index (χ4v) is 5.43. The molecule has 0 unspecified atom stereocenters. The monoisotopic (exact) mass is 578 g/mol. The van der Waals surface area contributed by atoms with E-state index in [0.717, 1.165) is 4.88 Å². The van der Waals surface area contributed by atoms with E-state index in [4.69, 9.17) is 9.40 Å². The Hall–Kier alpha value is -5.13. The summed E-state index contributed by atoms with van der Waals surface area (Å²) in [5.41, 5.74) is 3.07. The molecular weight excluding hydrogens is 552 g/mol. The molecule has 4 heterocycles. The standard InChI is InChI=1S/C31H26N6O4S/c1-19-33-17-26(41-19)27-12-13-28(42-27)29(39)35-31-34-23-15-22(36(2)30(40)20-7-4-3-5-8-20)10-11-24(23)37(31)18-25(38)21-9-6-14-32-16-21/h3-17,25,38H,18H2,1-2H3,(H,34,35,39)/t25-/m1/s1. The third kappa shape index (κ3) is 5.42. The summed E-state index contributed by atoms with van der Waals surface area (Å²) in [6.45, 7) is 1.87. The molecule has 0 aliphatic rings. The van der Waals surface area contributed by atoms with Gasteiger partial charge in [-0.25, -0.2) is 9.97 Å². The number of aryl methyl sites for hydroxylation is 1. The number of rotatable bonds is 8. The van der Waals surface area contributed by atoms with Gasteiger partial charge in [0.15, 0.2) is 11.7 Å². The average Bonchev–Trinajstić information content (AvgIpc) is 3.76. The highest BCUT2D eigenvalue weighted by Crippen LogP contribution is 2.31. The highest BCUT2D eigenvalue weighted by molar-refractivity contribution is 7.17. The first-order chi connectivity index (χ1) is 20.4. The Balaban J connectivity index is 1.33. The van der Waals surface area contributed by atoms with Crippen LogP contribution in [0.15, 0.2) is 95.8 Å². The predicted molar refractivity (Wildman–Crippen MR) is 161 cm³/mol. The van der Waals surface area contributed by atoms with Gasteiger partial charge in [-0.1, -0.05) is 24.3 Å². The Labute approximate surface area is 244 Å². The van der Waals surface area contributed by atoms with E-state index in [1.807, 2.05) is 30.3 Å². The van der Waals surface area contributed by atoms with Gasteiger partial charge in [0.25, 0.3) is 11.8 Å².